The topological polar surface area (TPSA) is 23.7 Å². The Balaban J connectivity index is 1.83. The predicted octanol–water partition coefficient (Wildman–Crippen LogP) is 6.53. The Kier molecular flexibility index (Phi) is 9.60. The molecule has 0 radical (unpaired) electrons. The summed E-state index contributed by atoms with van der Waals surface area (Å²) in [5, 5.41) is 0. The fourth-order valence-electron chi connectivity index (χ4n) is 4.43. The van der Waals surface area contributed by atoms with Gasteiger partial charge in [0.25, 0.3) is 0 Å². The zero-order chi connectivity index (χ0) is 29.4. The Morgan fingerprint density at radius 1 is 0.561 bits per heavy atom. The maximum absolute atomic E-state index is 3.89. The summed E-state index contributed by atoms with van der Waals surface area (Å²) in [6, 6.07) is 34.3. The third-order valence-corrected chi connectivity index (χ3v) is 6.99. The highest BCUT2D eigenvalue weighted by Gasteiger charge is 2.11. The highest BCUT2D eigenvalue weighted by molar-refractivity contribution is 6.09. The number of allylic oxidation sites excluding steroid dienone is 2. The highest BCUT2D eigenvalue weighted by atomic mass is 15.1. The molecule has 0 fully saturated rings. The summed E-state index contributed by atoms with van der Waals surface area (Å²) in [4.78, 5) is 10.0. The van der Waals surface area contributed by atoms with Gasteiger partial charge in [0.2, 0.25) is 11.4 Å². The number of hydrogen-bond acceptors (Lipinski definition) is 3. The molecule has 1 N–H and O–H groups in total. The lowest BCUT2D eigenvalue weighted by molar-refractivity contribution is -0.351. The molecule has 0 heterocycles. The van der Waals surface area contributed by atoms with E-state index in [9.17, 15) is 0 Å². The average Bonchev–Trinajstić information content (AvgIpc) is 2.99. The van der Waals surface area contributed by atoms with E-state index < -0.39 is 0 Å². The van der Waals surface area contributed by atoms with E-state index in [1.165, 1.54) is 17.1 Å². The molecular weight excluding hydrogens is 500 g/mol. The van der Waals surface area contributed by atoms with Crippen molar-refractivity contribution in [2.45, 2.75) is 0 Å². The van der Waals surface area contributed by atoms with Gasteiger partial charge < -0.3 is 14.7 Å². The molecular formula is C37H41N4+. The van der Waals surface area contributed by atoms with Crippen LogP contribution in [0.15, 0.2) is 116 Å². The predicted molar refractivity (Wildman–Crippen MR) is 181 cm³/mol. The Hall–Kier alpha value is -4.83. The number of nitrogens with one attached hydrogen (secondary N) is 1. The second-order valence-corrected chi connectivity index (χ2v) is 10.7. The molecule has 4 heteroatoms. The first-order valence-corrected chi connectivity index (χ1v) is 13.8. The number of benzene rings is 4. The third kappa shape index (κ3) is 7.86. The Labute approximate surface area is 245 Å². The molecule has 0 amide bonds. The monoisotopic (exact) mass is 541 g/mol. The van der Waals surface area contributed by atoms with E-state index in [1.807, 2.05) is 6.08 Å². The van der Waals surface area contributed by atoms with Gasteiger partial charge in [0.1, 0.15) is 0 Å². The lowest BCUT2D eigenvalue weighted by Gasteiger charge is -2.16. The smallest absolute Gasteiger partial charge is 0.204 e. The van der Waals surface area contributed by atoms with E-state index in [-0.39, 0.29) is 0 Å². The minimum Gasteiger partial charge on any atom is -0.378 e. The Morgan fingerprint density at radius 3 is 1.39 bits per heavy atom. The van der Waals surface area contributed by atoms with E-state index in [4.69, 9.17) is 0 Å². The second-order valence-electron chi connectivity index (χ2n) is 10.7. The van der Waals surface area contributed by atoms with Crippen molar-refractivity contribution in [2.24, 2.45) is 0 Å². The van der Waals surface area contributed by atoms with Gasteiger partial charge in [-0.15, -0.1) is 0 Å². The SMILES string of the molecule is C=Cc1ccc([NH+]=C(C=Cc2ccc(N(C)C)cc2)C=C(c2ccc(N(C)C)cc2)c2ccc(N(C)C)cc2)cc1. The molecule has 0 aromatic heterocycles. The molecule has 208 valence electrons. The van der Waals surface area contributed by atoms with Crippen LogP contribution in [-0.4, -0.2) is 48.0 Å². The number of rotatable bonds is 10. The van der Waals surface area contributed by atoms with Crippen LogP contribution in [0.5, 0.6) is 0 Å². The van der Waals surface area contributed by atoms with Crippen LogP contribution in [0.3, 0.4) is 0 Å². The molecule has 0 aliphatic carbocycles. The molecule has 0 aliphatic heterocycles. The average molecular weight is 542 g/mol. The van der Waals surface area contributed by atoms with Crippen molar-refractivity contribution in [3.05, 3.63) is 138 Å². The lowest BCUT2D eigenvalue weighted by atomic mass is 9.95. The molecule has 0 unspecified atom stereocenters. The van der Waals surface area contributed by atoms with Crippen LogP contribution in [0.2, 0.25) is 0 Å². The quantitative estimate of drug-likeness (QED) is 0.231. The zero-order valence-corrected chi connectivity index (χ0v) is 25.1. The fourth-order valence-corrected chi connectivity index (χ4v) is 4.43. The van der Waals surface area contributed by atoms with Gasteiger partial charge in [0.15, 0.2) is 0 Å². The molecule has 4 aromatic rings. The number of nitrogens with zero attached hydrogens (tertiary/aromatic N) is 3. The maximum atomic E-state index is 3.89. The minimum absolute atomic E-state index is 0.983. The van der Waals surface area contributed by atoms with Crippen molar-refractivity contribution >= 4 is 46.2 Å². The van der Waals surface area contributed by atoms with Crippen LogP contribution in [0.1, 0.15) is 22.3 Å². The summed E-state index contributed by atoms with van der Waals surface area (Å²) in [5.74, 6) is 0. The van der Waals surface area contributed by atoms with Gasteiger partial charge in [-0.3, -0.25) is 0 Å². The molecule has 41 heavy (non-hydrogen) atoms. The summed E-state index contributed by atoms with van der Waals surface area (Å²) >= 11 is 0. The highest BCUT2D eigenvalue weighted by Crippen LogP contribution is 2.27. The van der Waals surface area contributed by atoms with Gasteiger partial charge in [-0.05, 0) is 82.4 Å². The van der Waals surface area contributed by atoms with E-state index in [0.717, 1.165) is 39.2 Å². The zero-order valence-electron chi connectivity index (χ0n) is 25.1. The molecule has 0 aliphatic rings. The van der Waals surface area contributed by atoms with Crippen molar-refractivity contribution in [2.75, 3.05) is 57.0 Å². The molecule has 0 atom stereocenters. The first kappa shape index (κ1) is 29.2. The number of hydrogen-bond donors (Lipinski definition) is 1. The van der Waals surface area contributed by atoms with Gasteiger partial charge in [-0.2, -0.15) is 0 Å². The molecule has 0 saturated carbocycles. The first-order chi connectivity index (χ1) is 19.7. The molecule has 0 spiro atoms. The second kappa shape index (κ2) is 13.5. The number of anilines is 3. The van der Waals surface area contributed by atoms with E-state index in [0.29, 0.717) is 0 Å². The van der Waals surface area contributed by atoms with Gasteiger partial charge in [0.05, 0.1) is 0 Å². The fraction of sp³-hybridized carbons (Fsp3) is 0.162. The van der Waals surface area contributed by atoms with Crippen LogP contribution < -0.4 is 19.7 Å². The summed E-state index contributed by atoms with van der Waals surface area (Å²) in [7, 11) is 12.4. The normalized spacial score (nSPS) is 11.3. The largest absolute Gasteiger partial charge is 0.378 e. The maximum Gasteiger partial charge on any atom is 0.204 e. The summed E-state index contributed by atoms with van der Waals surface area (Å²) in [6.07, 6.45) is 8.40. The summed E-state index contributed by atoms with van der Waals surface area (Å²) < 4.78 is 0. The van der Waals surface area contributed by atoms with E-state index >= 15 is 0 Å². The molecule has 0 bridgehead atoms. The first-order valence-electron chi connectivity index (χ1n) is 13.8. The third-order valence-electron chi connectivity index (χ3n) is 6.99. The summed E-state index contributed by atoms with van der Waals surface area (Å²) in [5.41, 5.74) is 11.2. The van der Waals surface area contributed by atoms with Crippen LogP contribution >= 0.6 is 0 Å². The standard InChI is InChI=1S/C37H40N4/c1-8-28-9-18-32(19-10-28)38-33(20-11-29-12-21-34(22-13-29)39(2)3)27-37(30-14-23-35(24-15-30)40(4)5)31-16-25-36(26-17-31)41(6)7/h8-27H,1H2,2-7H3/p+1. The minimum atomic E-state index is 0.983. The van der Waals surface area contributed by atoms with Crippen LogP contribution in [-0.2, 0) is 0 Å². The van der Waals surface area contributed by atoms with Crippen LogP contribution in [0, 0.1) is 0 Å². The molecule has 4 rings (SSSR count). The van der Waals surface area contributed by atoms with Crippen LogP contribution in [0.4, 0.5) is 22.7 Å². The molecule has 4 nitrogen and oxygen atoms in total. The van der Waals surface area contributed by atoms with E-state index in [1.54, 1.807) is 0 Å². The van der Waals surface area contributed by atoms with Crippen molar-refractivity contribution in [3.8, 4) is 0 Å². The van der Waals surface area contributed by atoms with Gasteiger partial charge in [-0.1, -0.05) is 49.1 Å². The van der Waals surface area contributed by atoms with Crippen molar-refractivity contribution in [1.29, 1.82) is 0 Å². The lowest BCUT2D eigenvalue weighted by Crippen LogP contribution is -2.65. The van der Waals surface area contributed by atoms with Crippen molar-refractivity contribution in [3.63, 3.8) is 0 Å². The van der Waals surface area contributed by atoms with Gasteiger partial charge in [-0.25, -0.2) is 4.99 Å². The van der Waals surface area contributed by atoms with Gasteiger partial charge >= 0.3 is 0 Å². The molecule has 0 saturated heterocycles. The van der Waals surface area contributed by atoms with Gasteiger partial charge in [0, 0.05) is 83.6 Å². The van der Waals surface area contributed by atoms with Crippen molar-refractivity contribution < 1.29 is 4.99 Å². The molecule has 4 aromatic carbocycles. The Bertz CT molecular complexity index is 1470. The Morgan fingerprint density at radius 2 is 0.976 bits per heavy atom. The van der Waals surface area contributed by atoms with Crippen LogP contribution in [0.25, 0.3) is 17.7 Å². The van der Waals surface area contributed by atoms with Crippen molar-refractivity contribution in [1.82, 2.24) is 0 Å². The summed E-state index contributed by atoms with van der Waals surface area (Å²) in [6.45, 7) is 3.89. The van der Waals surface area contributed by atoms with E-state index in [2.05, 4.69) is 184 Å².